The van der Waals surface area contributed by atoms with Crippen LogP contribution >= 0.6 is 15.9 Å². The molecule has 0 aliphatic heterocycles. The third kappa shape index (κ3) is 3.61. The second kappa shape index (κ2) is 6.06. The van der Waals surface area contributed by atoms with Crippen LogP contribution in [0, 0.1) is 5.82 Å². The number of halogens is 2. The van der Waals surface area contributed by atoms with Gasteiger partial charge in [-0.1, -0.05) is 28.1 Å². The van der Waals surface area contributed by atoms with Crippen LogP contribution in [0.25, 0.3) is 0 Å². The van der Waals surface area contributed by atoms with E-state index in [4.69, 9.17) is 0 Å². The number of aromatic nitrogens is 3. The molecule has 0 spiro atoms. The van der Waals surface area contributed by atoms with Gasteiger partial charge in [0.05, 0.1) is 18.4 Å². The van der Waals surface area contributed by atoms with Crippen LogP contribution in [0.4, 0.5) is 4.39 Å². The topological polar surface area (TPSA) is 42.7 Å². The summed E-state index contributed by atoms with van der Waals surface area (Å²) in [5, 5.41) is 11.2. The minimum absolute atomic E-state index is 0.257. The smallest absolute Gasteiger partial charge is 0.124 e. The zero-order chi connectivity index (χ0) is 13.0. The van der Waals surface area contributed by atoms with E-state index in [2.05, 4.69) is 31.6 Å². The maximum absolute atomic E-state index is 13.2. The van der Waals surface area contributed by atoms with Gasteiger partial charge in [0.25, 0.3) is 0 Å². The molecule has 0 saturated heterocycles. The van der Waals surface area contributed by atoms with Gasteiger partial charge in [0.2, 0.25) is 0 Å². The van der Waals surface area contributed by atoms with E-state index >= 15 is 0 Å². The Morgan fingerprint density at radius 3 is 2.94 bits per heavy atom. The second-order valence-electron chi connectivity index (χ2n) is 3.97. The van der Waals surface area contributed by atoms with E-state index in [-0.39, 0.29) is 5.82 Å². The van der Waals surface area contributed by atoms with Crippen LogP contribution in [0.15, 0.2) is 28.9 Å². The van der Waals surface area contributed by atoms with E-state index in [0.717, 1.165) is 22.3 Å². The highest BCUT2D eigenvalue weighted by Crippen LogP contribution is 2.15. The Bertz CT molecular complexity index is 506. The van der Waals surface area contributed by atoms with Crippen molar-refractivity contribution >= 4 is 15.9 Å². The summed E-state index contributed by atoms with van der Waals surface area (Å²) in [6.45, 7) is 4.14. The summed E-state index contributed by atoms with van der Waals surface area (Å²) in [6.07, 6.45) is 1.86. The van der Waals surface area contributed by atoms with Crippen molar-refractivity contribution in [2.75, 3.05) is 6.54 Å². The highest BCUT2D eigenvalue weighted by Gasteiger charge is 2.03. The number of rotatable bonds is 5. The molecule has 1 heterocycles. The number of hydrogen-bond acceptors (Lipinski definition) is 3. The van der Waals surface area contributed by atoms with Gasteiger partial charge in [0.1, 0.15) is 5.82 Å². The van der Waals surface area contributed by atoms with Gasteiger partial charge in [-0.15, -0.1) is 5.10 Å². The van der Waals surface area contributed by atoms with E-state index in [1.54, 1.807) is 4.68 Å². The lowest BCUT2D eigenvalue weighted by Crippen LogP contribution is -2.11. The Labute approximate surface area is 113 Å². The molecule has 2 rings (SSSR count). The van der Waals surface area contributed by atoms with Crippen LogP contribution in [0.2, 0.25) is 0 Å². The second-order valence-corrected chi connectivity index (χ2v) is 4.88. The van der Waals surface area contributed by atoms with Gasteiger partial charge in [-0.2, -0.15) is 0 Å². The quantitative estimate of drug-likeness (QED) is 0.921. The van der Waals surface area contributed by atoms with E-state index in [0.29, 0.717) is 13.1 Å². The Kier molecular flexibility index (Phi) is 4.43. The number of hydrogen-bond donors (Lipinski definition) is 1. The van der Waals surface area contributed by atoms with Crippen LogP contribution < -0.4 is 5.32 Å². The fraction of sp³-hybridized carbons (Fsp3) is 0.333. The predicted octanol–water partition coefficient (Wildman–Crippen LogP) is 2.34. The predicted molar refractivity (Wildman–Crippen MR) is 70.6 cm³/mol. The van der Waals surface area contributed by atoms with Crippen molar-refractivity contribution in [1.82, 2.24) is 20.3 Å². The van der Waals surface area contributed by atoms with Crippen LogP contribution in [-0.2, 0) is 13.1 Å². The van der Waals surface area contributed by atoms with E-state index in [1.807, 2.05) is 19.2 Å². The van der Waals surface area contributed by atoms with Gasteiger partial charge < -0.3 is 5.32 Å². The lowest BCUT2D eigenvalue weighted by atomic mass is 10.2. The molecule has 0 bridgehead atoms. The Balaban J connectivity index is 2.06. The highest BCUT2D eigenvalue weighted by atomic mass is 79.9. The summed E-state index contributed by atoms with van der Waals surface area (Å²) in [5.41, 5.74) is 1.73. The van der Waals surface area contributed by atoms with Crippen molar-refractivity contribution in [2.45, 2.75) is 20.0 Å². The SMILES string of the molecule is CCNCc1cn(Cc2cc(F)cc(Br)c2)nn1. The van der Waals surface area contributed by atoms with Crippen LogP contribution in [-0.4, -0.2) is 21.5 Å². The first-order valence-electron chi connectivity index (χ1n) is 5.72. The van der Waals surface area contributed by atoms with Gasteiger partial charge in [-0.05, 0) is 30.3 Å². The molecule has 1 N–H and O–H groups in total. The molecule has 0 fully saturated rings. The first kappa shape index (κ1) is 13.2. The lowest BCUT2D eigenvalue weighted by molar-refractivity contribution is 0.613. The van der Waals surface area contributed by atoms with Crippen LogP contribution in [0.1, 0.15) is 18.2 Å². The van der Waals surface area contributed by atoms with Gasteiger partial charge in [0, 0.05) is 11.0 Å². The van der Waals surface area contributed by atoms with E-state index in [9.17, 15) is 4.39 Å². The van der Waals surface area contributed by atoms with Crippen molar-refractivity contribution in [3.8, 4) is 0 Å². The summed E-state index contributed by atoms with van der Waals surface area (Å²) < 4.78 is 15.6. The summed E-state index contributed by atoms with van der Waals surface area (Å²) in [6, 6.07) is 4.80. The average Bonchev–Trinajstić information content (AvgIpc) is 2.72. The van der Waals surface area contributed by atoms with Crippen molar-refractivity contribution in [3.05, 3.63) is 45.9 Å². The zero-order valence-electron chi connectivity index (χ0n) is 10.0. The minimum Gasteiger partial charge on any atom is -0.311 e. The summed E-state index contributed by atoms with van der Waals surface area (Å²) >= 11 is 3.27. The monoisotopic (exact) mass is 312 g/mol. The van der Waals surface area contributed by atoms with Gasteiger partial charge in [-0.25, -0.2) is 9.07 Å². The fourth-order valence-corrected chi connectivity index (χ4v) is 2.15. The first-order valence-corrected chi connectivity index (χ1v) is 6.51. The molecule has 18 heavy (non-hydrogen) atoms. The largest absolute Gasteiger partial charge is 0.311 e. The average molecular weight is 313 g/mol. The summed E-state index contributed by atoms with van der Waals surface area (Å²) in [7, 11) is 0. The molecule has 1 aromatic carbocycles. The summed E-state index contributed by atoms with van der Waals surface area (Å²) in [4.78, 5) is 0. The zero-order valence-corrected chi connectivity index (χ0v) is 11.6. The van der Waals surface area contributed by atoms with Gasteiger partial charge in [-0.3, -0.25) is 0 Å². The molecule has 0 unspecified atom stereocenters. The Morgan fingerprint density at radius 1 is 1.39 bits per heavy atom. The van der Waals surface area contributed by atoms with Crippen molar-refractivity contribution in [3.63, 3.8) is 0 Å². The molecule has 0 aliphatic rings. The van der Waals surface area contributed by atoms with Crippen LogP contribution in [0.5, 0.6) is 0 Å². The van der Waals surface area contributed by atoms with Gasteiger partial charge >= 0.3 is 0 Å². The molecule has 96 valence electrons. The molecule has 0 aliphatic carbocycles. The van der Waals surface area contributed by atoms with Crippen LogP contribution in [0.3, 0.4) is 0 Å². The van der Waals surface area contributed by atoms with E-state index < -0.39 is 0 Å². The van der Waals surface area contributed by atoms with Crippen molar-refractivity contribution < 1.29 is 4.39 Å². The molecule has 6 heteroatoms. The third-order valence-corrected chi connectivity index (χ3v) is 2.87. The highest BCUT2D eigenvalue weighted by molar-refractivity contribution is 9.10. The Morgan fingerprint density at radius 2 is 2.22 bits per heavy atom. The molecular weight excluding hydrogens is 299 g/mol. The molecule has 0 amide bonds. The van der Waals surface area contributed by atoms with Crippen molar-refractivity contribution in [2.24, 2.45) is 0 Å². The van der Waals surface area contributed by atoms with Crippen molar-refractivity contribution in [1.29, 1.82) is 0 Å². The normalized spacial score (nSPS) is 10.8. The molecule has 4 nitrogen and oxygen atoms in total. The molecule has 0 radical (unpaired) electrons. The molecule has 2 aromatic rings. The third-order valence-electron chi connectivity index (χ3n) is 2.41. The number of nitrogens with one attached hydrogen (secondary N) is 1. The summed E-state index contributed by atoms with van der Waals surface area (Å²) in [5.74, 6) is -0.257. The maximum atomic E-state index is 13.2. The molecule has 1 aromatic heterocycles. The van der Waals surface area contributed by atoms with Gasteiger partial charge in [0.15, 0.2) is 0 Å². The molecule has 0 atom stereocenters. The molecular formula is C12H14BrFN4. The number of nitrogens with zero attached hydrogens (tertiary/aromatic N) is 3. The minimum atomic E-state index is -0.257. The lowest BCUT2D eigenvalue weighted by Gasteiger charge is -2.02. The number of benzene rings is 1. The standard InChI is InChI=1S/C12H14BrFN4/c1-2-15-6-12-8-18(17-16-12)7-9-3-10(13)5-11(14)4-9/h3-5,8,15H,2,6-7H2,1H3. The molecule has 0 saturated carbocycles. The van der Waals surface area contributed by atoms with E-state index in [1.165, 1.54) is 12.1 Å². The first-order chi connectivity index (χ1) is 8.67. The maximum Gasteiger partial charge on any atom is 0.124 e. The Hall–Kier alpha value is -1.27. The fourth-order valence-electron chi connectivity index (χ4n) is 1.64.